The summed E-state index contributed by atoms with van der Waals surface area (Å²) in [7, 11) is 0. The quantitative estimate of drug-likeness (QED) is 0.903. The fourth-order valence-corrected chi connectivity index (χ4v) is 2.06. The van der Waals surface area contributed by atoms with E-state index in [-0.39, 0.29) is 6.42 Å². The Balaban J connectivity index is 2.39. The normalized spacial score (nSPS) is 13.5. The van der Waals surface area contributed by atoms with Gasteiger partial charge in [-0.3, -0.25) is 4.79 Å². The Kier molecular flexibility index (Phi) is 3.43. The van der Waals surface area contributed by atoms with Crippen molar-refractivity contribution >= 4 is 17.6 Å². The van der Waals surface area contributed by atoms with Crippen LogP contribution in [0.5, 0.6) is 11.5 Å². The molecule has 1 aliphatic heterocycles. The Hall–Kier alpha value is -1.42. The van der Waals surface area contributed by atoms with E-state index in [1.165, 1.54) is 0 Å². The second-order valence-corrected chi connectivity index (χ2v) is 4.29. The molecule has 0 aromatic heterocycles. The summed E-state index contributed by atoms with van der Waals surface area (Å²) >= 11 is 6.08. The number of ether oxygens (including phenoxy) is 2. The van der Waals surface area contributed by atoms with Gasteiger partial charge in [-0.05, 0) is 18.9 Å². The minimum Gasteiger partial charge on any atom is -0.486 e. The fraction of sp³-hybridized carbons (Fsp3) is 0.417. The van der Waals surface area contributed by atoms with Crippen LogP contribution < -0.4 is 9.47 Å². The lowest BCUT2D eigenvalue weighted by Crippen LogP contribution is -2.17. The van der Waals surface area contributed by atoms with E-state index in [1.54, 1.807) is 6.07 Å². The summed E-state index contributed by atoms with van der Waals surface area (Å²) in [5.74, 6) is 0.404. The van der Waals surface area contributed by atoms with E-state index >= 15 is 0 Å². The molecule has 0 spiro atoms. The standard InChI is InChI=1S/C12H13ClO4/c1-7-8(2-3-11(14)15)12-10(6-9(7)13)16-4-5-17-12/h6H,2-5H2,1H3,(H,14,15). The smallest absolute Gasteiger partial charge is 0.303 e. The number of hydrogen-bond acceptors (Lipinski definition) is 3. The third-order valence-corrected chi connectivity index (χ3v) is 3.14. The van der Waals surface area contributed by atoms with Gasteiger partial charge in [0, 0.05) is 23.1 Å². The van der Waals surface area contributed by atoms with Crippen molar-refractivity contribution < 1.29 is 19.4 Å². The Morgan fingerprint density at radius 3 is 2.88 bits per heavy atom. The first-order chi connectivity index (χ1) is 8.09. The van der Waals surface area contributed by atoms with Crippen LogP contribution in [0.1, 0.15) is 17.5 Å². The highest BCUT2D eigenvalue weighted by Gasteiger charge is 2.20. The molecule has 0 aliphatic carbocycles. The van der Waals surface area contributed by atoms with E-state index in [0.29, 0.717) is 36.2 Å². The van der Waals surface area contributed by atoms with Crippen molar-refractivity contribution in [3.8, 4) is 11.5 Å². The lowest BCUT2D eigenvalue weighted by molar-refractivity contribution is -0.136. The Morgan fingerprint density at radius 2 is 2.18 bits per heavy atom. The first-order valence-corrected chi connectivity index (χ1v) is 5.76. The molecule has 92 valence electrons. The van der Waals surface area contributed by atoms with Crippen molar-refractivity contribution in [2.45, 2.75) is 19.8 Å². The van der Waals surface area contributed by atoms with Gasteiger partial charge >= 0.3 is 5.97 Å². The molecule has 1 aliphatic rings. The molecular formula is C12H13ClO4. The van der Waals surface area contributed by atoms with Crippen LogP contribution in [0.4, 0.5) is 0 Å². The lowest BCUT2D eigenvalue weighted by atomic mass is 10.0. The van der Waals surface area contributed by atoms with Gasteiger partial charge in [0.25, 0.3) is 0 Å². The third kappa shape index (κ3) is 2.47. The van der Waals surface area contributed by atoms with E-state index in [9.17, 15) is 4.79 Å². The van der Waals surface area contributed by atoms with Gasteiger partial charge in [-0.15, -0.1) is 0 Å². The van der Waals surface area contributed by atoms with Crippen LogP contribution in [0.2, 0.25) is 5.02 Å². The topological polar surface area (TPSA) is 55.8 Å². The Bertz CT molecular complexity index is 456. The Labute approximate surface area is 104 Å². The van der Waals surface area contributed by atoms with Crippen molar-refractivity contribution in [3.05, 3.63) is 22.2 Å². The van der Waals surface area contributed by atoms with E-state index in [4.69, 9.17) is 26.2 Å². The van der Waals surface area contributed by atoms with Crippen molar-refractivity contribution in [2.24, 2.45) is 0 Å². The number of carboxylic acid groups (broad SMARTS) is 1. The maximum atomic E-state index is 10.6. The van der Waals surface area contributed by atoms with Crippen LogP contribution in [-0.2, 0) is 11.2 Å². The molecule has 4 nitrogen and oxygen atoms in total. The summed E-state index contributed by atoms with van der Waals surface area (Å²) in [5.41, 5.74) is 1.69. The maximum absolute atomic E-state index is 10.6. The molecule has 1 heterocycles. The molecule has 17 heavy (non-hydrogen) atoms. The predicted octanol–water partition coefficient (Wildman–Crippen LogP) is 2.44. The van der Waals surface area contributed by atoms with Gasteiger partial charge in [-0.25, -0.2) is 0 Å². The molecule has 0 radical (unpaired) electrons. The lowest BCUT2D eigenvalue weighted by Gasteiger charge is -2.23. The first kappa shape index (κ1) is 12.0. The van der Waals surface area contributed by atoms with E-state index in [2.05, 4.69) is 0 Å². The molecule has 0 atom stereocenters. The second-order valence-electron chi connectivity index (χ2n) is 3.88. The zero-order valence-corrected chi connectivity index (χ0v) is 10.2. The highest BCUT2D eigenvalue weighted by Crippen LogP contribution is 2.40. The van der Waals surface area contributed by atoms with E-state index in [1.807, 2.05) is 6.92 Å². The summed E-state index contributed by atoms with van der Waals surface area (Å²) in [4.78, 5) is 10.6. The molecule has 0 unspecified atom stereocenters. The average Bonchev–Trinajstić information content (AvgIpc) is 2.29. The molecule has 0 fully saturated rings. The van der Waals surface area contributed by atoms with Gasteiger partial charge in [0.1, 0.15) is 13.2 Å². The van der Waals surface area contributed by atoms with Gasteiger partial charge in [-0.2, -0.15) is 0 Å². The maximum Gasteiger partial charge on any atom is 0.303 e. The molecule has 1 N–H and O–H groups in total. The molecule has 0 bridgehead atoms. The van der Waals surface area contributed by atoms with Gasteiger partial charge in [0.2, 0.25) is 0 Å². The number of fused-ring (bicyclic) bond motifs is 1. The SMILES string of the molecule is Cc1c(Cl)cc2c(c1CCC(=O)O)OCCO2. The number of carbonyl (C=O) groups is 1. The van der Waals surface area contributed by atoms with Crippen LogP contribution in [0, 0.1) is 6.92 Å². The van der Waals surface area contributed by atoms with Gasteiger partial charge in [0.05, 0.1) is 0 Å². The molecule has 1 aromatic carbocycles. The highest BCUT2D eigenvalue weighted by molar-refractivity contribution is 6.31. The summed E-state index contributed by atoms with van der Waals surface area (Å²) in [5, 5.41) is 9.31. The number of benzene rings is 1. The number of carboxylic acids is 1. The minimum atomic E-state index is -0.838. The largest absolute Gasteiger partial charge is 0.486 e. The number of hydrogen-bond donors (Lipinski definition) is 1. The van der Waals surface area contributed by atoms with Crippen molar-refractivity contribution in [1.82, 2.24) is 0 Å². The second kappa shape index (κ2) is 4.84. The van der Waals surface area contributed by atoms with Crippen molar-refractivity contribution in [3.63, 3.8) is 0 Å². The van der Waals surface area contributed by atoms with E-state index in [0.717, 1.165) is 11.1 Å². The Morgan fingerprint density at radius 1 is 1.47 bits per heavy atom. The molecule has 0 saturated heterocycles. The van der Waals surface area contributed by atoms with Crippen LogP contribution in [0.15, 0.2) is 6.07 Å². The number of rotatable bonds is 3. The van der Waals surface area contributed by atoms with Gasteiger partial charge < -0.3 is 14.6 Å². The zero-order chi connectivity index (χ0) is 12.4. The highest BCUT2D eigenvalue weighted by atomic mass is 35.5. The average molecular weight is 257 g/mol. The number of aliphatic carboxylic acids is 1. The zero-order valence-electron chi connectivity index (χ0n) is 9.46. The fourth-order valence-electron chi connectivity index (χ4n) is 1.85. The summed E-state index contributed by atoms with van der Waals surface area (Å²) in [6.07, 6.45) is 0.449. The van der Waals surface area contributed by atoms with Gasteiger partial charge in [0.15, 0.2) is 11.5 Å². The monoisotopic (exact) mass is 256 g/mol. The summed E-state index contributed by atoms with van der Waals surface area (Å²) in [6.45, 7) is 2.83. The molecule has 0 saturated carbocycles. The van der Waals surface area contributed by atoms with E-state index < -0.39 is 5.97 Å². The third-order valence-electron chi connectivity index (χ3n) is 2.74. The molecular weight excluding hydrogens is 244 g/mol. The molecule has 2 rings (SSSR count). The van der Waals surface area contributed by atoms with Crippen LogP contribution in [0.25, 0.3) is 0 Å². The van der Waals surface area contributed by atoms with Crippen LogP contribution in [-0.4, -0.2) is 24.3 Å². The molecule has 5 heteroatoms. The number of halogens is 1. The summed E-state index contributed by atoms with van der Waals surface area (Å²) < 4.78 is 11.0. The predicted molar refractivity (Wildman–Crippen MR) is 63.1 cm³/mol. The van der Waals surface area contributed by atoms with Gasteiger partial charge in [-0.1, -0.05) is 11.6 Å². The van der Waals surface area contributed by atoms with Crippen molar-refractivity contribution in [2.75, 3.05) is 13.2 Å². The summed E-state index contributed by atoms with van der Waals surface area (Å²) in [6, 6.07) is 1.72. The first-order valence-electron chi connectivity index (χ1n) is 5.39. The molecule has 1 aromatic rings. The molecule has 0 amide bonds. The van der Waals surface area contributed by atoms with Crippen LogP contribution >= 0.6 is 11.6 Å². The van der Waals surface area contributed by atoms with Crippen LogP contribution in [0.3, 0.4) is 0 Å². The minimum absolute atomic E-state index is 0.0526. The van der Waals surface area contributed by atoms with Crippen molar-refractivity contribution in [1.29, 1.82) is 0 Å².